The summed E-state index contributed by atoms with van der Waals surface area (Å²) in [5.41, 5.74) is 6.51. The smallest absolute Gasteiger partial charge is 0.137 e. The summed E-state index contributed by atoms with van der Waals surface area (Å²) in [7, 11) is 0. The second kappa shape index (κ2) is 6.20. The van der Waals surface area contributed by atoms with E-state index < -0.39 is 0 Å². The van der Waals surface area contributed by atoms with E-state index in [9.17, 15) is 4.39 Å². The van der Waals surface area contributed by atoms with Crippen LogP contribution in [0.3, 0.4) is 0 Å². The first-order valence-corrected chi connectivity index (χ1v) is 5.80. The predicted molar refractivity (Wildman–Crippen MR) is 64.1 cm³/mol. The van der Waals surface area contributed by atoms with Crippen molar-refractivity contribution >= 4 is 15.9 Å². The second-order valence-corrected chi connectivity index (χ2v) is 4.46. The molecule has 1 aromatic rings. The maximum Gasteiger partial charge on any atom is 0.137 e. The van der Waals surface area contributed by atoms with Crippen LogP contribution in [0.15, 0.2) is 22.7 Å². The lowest BCUT2D eigenvalue weighted by molar-refractivity contribution is 0.519. The van der Waals surface area contributed by atoms with Gasteiger partial charge in [0.05, 0.1) is 4.47 Å². The molecule has 84 valence electrons. The van der Waals surface area contributed by atoms with Crippen LogP contribution in [0, 0.1) is 5.82 Å². The number of benzene rings is 1. The van der Waals surface area contributed by atoms with E-state index in [1.54, 1.807) is 12.1 Å². The quantitative estimate of drug-likeness (QED) is 0.866. The zero-order valence-corrected chi connectivity index (χ0v) is 10.3. The first-order valence-electron chi connectivity index (χ1n) is 5.01. The van der Waals surface area contributed by atoms with E-state index >= 15 is 0 Å². The molecule has 1 aromatic carbocycles. The van der Waals surface area contributed by atoms with E-state index in [4.69, 9.17) is 5.73 Å². The summed E-state index contributed by atoms with van der Waals surface area (Å²) in [6.45, 7) is 3.51. The van der Waals surface area contributed by atoms with E-state index in [0.717, 1.165) is 18.5 Å². The second-order valence-electron chi connectivity index (χ2n) is 3.61. The van der Waals surface area contributed by atoms with Crippen LogP contribution in [0.4, 0.5) is 4.39 Å². The number of halogens is 2. The maximum absolute atomic E-state index is 12.9. The third kappa shape index (κ3) is 4.28. The highest BCUT2D eigenvalue weighted by Gasteiger charge is 2.02. The summed E-state index contributed by atoms with van der Waals surface area (Å²) in [6.07, 6.45) is 0.947. The summed E-state index contributed by atoms with van der Waals surface area (Å²) in [5.74, 6) is -0.228. The van der Waals surface area contributed by atoms with Gasteiger partial charge in [0.1, 0.15) is 5.82 Å². The van der Waals surface area contributed by atoms with Gasteiger partial charge < -0.3 is 11.1 Å². The average molecular weight is 275 g/mol. The number of hydrogen-bond acceptors (Lipinski definition) is 2. The average Bonchev–Trinajstić information content (AvgIpc) is 2.20. The molecule has 4 heteroatoms. The molecule has 0 saturated heterocycles. The normalized spacial score (nSPS) is 12.8. The van der Waals surface area contributed by atoms with Crippen molar-refractivity contribution in [2.75, 3.05) is 6.54 Å². The standard InChI is InChI=1S/C11H16BrFN2/c1-8(4-5-14)15-7-9-2-3-11(13)10(12)6-9/h2-3,6,8,15H,4-5,7,14H2,1H3. The Morgan fingerprint density at radius 2 is 2.27 bits per heavy atom. The van der Waals surface area contributed by atoms with Crippen molar-refractivity contribution in [3.63, 3.8) is 0 Å². The lowest BCUT2D eigenvalue weighted by atomic mass is 10.2. The molecule has 0 radical (unpaired) electrons. The van der Waals surface area contributed by atoms with E-state index in [1.165, 1.54) is 6.07 Å². The van der Waals surface area contributed by atoms with E-state index in [-0.39, 0.29) is 5.82 Å². The van der Waals surface area contributed by atoms with Gasteiger partial charge in [0, 0.05) is 12.6 Å². The van der Waals surface area contributed by atoms with Gasteiger partial charge in [0.2, 0.25) is 0 Å². The van der Waals surface area contributed by atoms with Crippen molar-refractivity contribution in [3.05, 3.63) is 34.1 Å². The fraction of sp³-hybridized carbons (Fsp3) is 0.455. The highest BCUT2D eigenvalue weighted by atomic mass is 79.9. The van der Waals surface area contributed by atoms with Crippen LogP contribution in [0.2, 0.25) is 0 Å². The van der Waals surface area contributed by atoms with Gasteiger partial charge in [-0.2, -0.15) is 0 Å². The molecule has 1 rings (SSSR count). The summed E-state index contributed by atoms with van der Waals surface area (Å²) in [6, 6.07) is 5.42. The van der Waals surface area contributed by atoms with E-state index in [2.05, 4.69) is 28.2 Å². The zero-order valence-electron chi connectivity index (χ0n) is 8.76. The molecule has 0 saturated carbocycles. The molecule has 1 atom stereocenters. The van der Waals surface area contributed by atoms with E-state index in [0.29, 0.717) is 17.1 Å². The van der Waals surface area contributed by atoms with Gasteiger partial charge in [-0.25, -0.2) is 4.39 Å². The van der Waals surface area contributed by atoms with Gasteiger partial charge >= 0.3 is 0 Å². The highest BCUT2D eigenvalue weighted by molar-refractivity contribution is 9.10. The van der Waals surface area contributed by atoms with Crippen molar-refractivity contribution in [3.8, 4) is 0 Å². The van der Waals surface area contributed by atoms with E-state index in [1.807, 2.05) is 0 Å². The molecule has 0 heterocycles. The Morgan fingerprint density at radius 3 is 2.87 bits per heavy atom. The molecule has 0 aliphatic carbocycles. The van der Waals surface area contributed by atoms with Crippen LogP contribution in [-0.2, 0) is 6.54 Å². The summed E-state index contributed by atoms with van der Waals surface area (Å²) in [5, 5.41) is 3.32. The Morgan fingerprint density at radius 1 is 1.53 bits per heavy atom. The van der Waals surface area contributed by atoms with Crippen LogP contribution in [0.25, 0.3) is 0 Å². The van der Waals surface area contributed by atoms with Crippen molar-refractivity contribution in [2.24, 2.45) is 5.73 Å². The number of hydrogen-bond donors (Lipinski definition) is 2. The molecular weight excluding hydrogens is 259 g/mol. The maximum atomic E-state index is 12.9. The van der Waals surface area contributed by atoms with Crippen LogP contribution >= 0.6 is 15.9 Å². The molecule has 0 aliphatic heterocycles. The molecule has 0 amide bonds. The Bertz CT molecular complexity index is 317. The molecular formula is C11H16BrFN2. The van der Waals surface area contributed by atoms with Crippen LogP contribution in [0.1, 0.15) is 18.9 Å². The molecule has 0 spiro atoms. The zero-order chi connectivity index (χ0) is 11.3. The van der Waals surface area contributed by atoms with Crippen molar-refractivity contribution in [1.82, 2.24) is 5.32 Å². The molecule has 0 aromatic heterocycles. The van der Waals surface area contributed by atoms with Crippen molar-refractivity contribution in [2.45, 2.75) is 25.9 Å². The molecule has 0 aliphatic rings. The van der Waals surface area contributed by atoms with Gasteiger partial charge in [0.15, 0.2) is 0 Å². The predicted octanol–water partition coefficient (Wildman–Crippen LogP) is 2.42. The summed E-state index contributed by atoms with van der Waals surface area (Å²) in [4.78, 5) is 0. The number of rotatable bonds is 5. The fourth-order valence-electron chi connectivity index (χ4n) is 1.29. The first-order chi connectivity index (χ1) is 7.13. The van der Waals surface area contributed by atoms with Crippen molar-refractivity contribution < 1.29 is 4.39 Å². The molecule has 15 heavy (non-hydrogen) atoms. The number of nitrogens with two attached hydrogens (primary N) is 1. The highest BCUT2D eigenvalue weighted by Crippen LogP contribution is 2.16. The fourth-order valence-corrected chi connectivity index (χ4v) is 1.72. The van der Waals surface area contributed by atoms with Gasteiger partial charge in [-0.05, 0) is 53.5 Å². The molecule has 3 N–H and O–H groups in total. The largest absolute Gasteiger partial charge is 0.330 e. The first kappa shape index (κ1) is 12.6. The minimum absolute atomic E-state index is 0.228. The molecule has 0 fully saturated rings. The Kier molecular flexibility index (Phi) is 5.22. The summed E-state index contributed by atoms with van der Waals surface area (Å²) < 4.78 is 13.4. The van der Waals surface area contributed by atoms with Gasteiger partial charge in [0.25, 0.3) is 0 Å². The minimum atomic E-state index is -0.228. The van der Waals surface area contributed by atoms with Gasteiger partial charge in [-0.1, -0.05) is 6.07 Å². The van der Waals surface area contributed by atoms with Crippen LogP contribution < -0.4 is 11.1 Å². The molecule has 0 bridgehead atoms. The summed E-state index contributed by atoms with van der Waals surface area (Å²) >= 11 is 3.16. The topological polar surface area (TPSA) is 38.0 Å². The Balaban J connectivity index is 2.47. The third-order valence-electron chi connectivity index (χ3n) is 2.24. The van der Waals surface area contributed by atoms with Crippen LogP contribution in [-0.4, -0.2) is 12.6 Å². The third-order valence-corrected chi connectivity index (χ3v) is 2.85. The monoisotopic (exact) mass is 274 g/mol. The lowest BCUT2D eigenvalue weighted by Gasteiger charge is -2.12. The van der Waals surface area contributed by atoms with Gasteiger partial charge in [-0.3, -0.25) is 0 Å². The van der Waals surface area contributed by atoms with Crippen molar-refractivity contribution in [1.29, 1.82) is 0 Å². The Hall–Kier alpha value is -0.450. The molecule has 1 unspecified atom stereocenters. The Labute approximate surface area is 98.2 Å². The van der Waals surface area contributed by atoms with Crippen LogP contribution in [0.5, 0.6) is 0 Å². The number of nitrogens with one attached hydrogen (secondary N) is 1. The molecule has 2 nitrogen and oxygen atoms in total. The SMILES string of the molecule is CC(CCN)NCc1ccc(F)c(Br)c1. The van der Waals surface area contributed by atoms with Gasteiger partial charge in [-0.15, -0.1) is 0 Å². The lowest BCUT2D eigenvalue weighted by Crippen LogP contribution is -2.27. The minimum Gasteiger partial charge on any atom is -0.330 e.